The SMILES string of the molecule is CCCn1cc(C(O)C2CCCNC2)cn1. The predicted molar refractivity (Wildman–Crippen MR) is 63.1 cm³/mol. The molecule has 0 aliphatic carbocycles. The fourth-order valence-electron chi connectivity index (χ4n) is 2.30. The largest absolute Gasteiger partial charge is 0.388 e. The van der Waals surface area contributed by atoms with Crippen molar-refractivity contribution in [1.29, 1.82) is 0 Å². The normalized spacial score (nSPS) is 23.2. The predicted octanol–water partition coefficient (Wildman–Crippen LogP) is 1.33. The quantitative estimate of drug-likeness (QED) is 0.809. The van der Waals surface area contributed by atoms with E-state index in [1.54, 1.807) is 6.20 Å². The molecule has 2 N–H and O–H groups in total. The molecule has 0 spiro atoms. The Labute approximate surface area is 96.7 Å². The number of hydrogen-bond acceptors (Lipinski definition) is 3. The van der Waals surface area contributed by atoms with E-state index in [2.05, 4.69) is 17.3 Å². The second-order valence-corrected chi connectivity index (χ2v) is 4.59. The maximum atomic E-state index is 10.2. The van der Waals surface area contributed by atoms with Gasteiger partial charge in [0.05, 0.1) is 12.3 Å². The summed E-state index contributed by atoms with van der Waals surface area (Å²) in [5.74, 6) is 0.341. The van der Waals surface area contributed by atoms with Gasteiger partial charge in [-0.05, 0) is 25.8 Å². The first-order chi connectivity index (χ1) is 7.81. The number of hydrogen-bond donors (Lipinski definition) is 2. The monoisotopic (exact) mass is 223 g/mol. The molecular formula is C12H21N3O. The van der Waals surface area contributed by atoms with E-state index in [0.717, 1.165) is 44.5 Å². The molecule has 1 aromatic rings. The molecule has 1 fully saturated rings. The average Bonchev–Trinajstić information content (AvgIpc) is 2.78. The summed E-state index contributed by atoms with van der Waals surface area (Å²) >= 11 is 0. The van der Waals surface area contributed by atoms with Gasteiger partial charge in [-0.25, -0.2) is 0 Å². The van der Waals surface area contributed by atoms with Gasteiger partial charge in [0.2, 0.25) is 0 Å². The molecule has 16 heavy (non-hydrogen) atoms. The highest BCUT2D eigenvalue weighted by Crippen LogP contribution is 2.26. The molecule has 0 aromatic carbocycles. The van der Waals surface area contributed by atoms with Crippen LogP contribution in [0.2, 0.25) is 0 Å². The molecule has 0 bridgehead atoms. The van der Waals surface area contributed by atoms with Gasteiger partial charge in [0, 0.05) is 30.8 Å². The number of aromatic nitrogens is 2. The van der Waals surface area contributed by atoms with Crippen LogP contribution in [0.3, 0.4) is 0 Å². The first-order valence-corrected chi connectivity index (χ1v) is 6.22. The Morgan fingerprint density at radius 2 is 2.56 bits per heavy atom. The average molecular weight is 223 g/mol. The molecule has 1 aliphatic rings. The Balaban J connectivity index is 1.98. The van der Waals surface area contributed by atoms with Crippen molar-refractivity contribution in [1.82, 2.24) is 15.1 Å². The van der Waals surface area contributed by atoms with Crippen molar-refractivity contribution in [2.45, 2.75) is 38.8 Å². The fraction of sp³-hybridized carbons (Fsp3) is 0.750. The van der Waals surface area contributed by atoms with E-state index in [4.69, 9.17) is 0 Å². The Hall–Kier alpha value is -0.870. The second-order valence-electron chi connectivity index (χ2n) is 4.59. The van der Waals surface area contributed by atoms with Crippen molar-refractivity contribution in [2.75, 3.05) is 13.1 Å². The first kappa shape index (κ1) is 11.6. The van der Waals surface area contributed by atoms with Crippen LogP contribution in [0.1, 0.15) is 37.9 Å². The third-order valence-electron chi connectivity index (χ3n) is 3.23. The van der Waals surface area contributed by atoms with Gasteiger partial charge in [-0.3, -0.25) is 4.68 Å². The van der Waals surface area contributed by atoms with E-state index in [1.165, 1.54) is 0 Å². The van der Waals surface area contributed by atoms with Gasteiger partial charge in [0.1, 0.15) is 0 Å². The van der Waals surface area contributed by atoms with Gasteiger partial charge >= 0.3 is 0 Å². The molecule has 2 unspecified atom stereocenters. The van der Waals surface area contributed by atoms with E-state index in [-0.39, 0.29) is 6.10 Å². The first-order valence-electron chi connectivity index (χ1n) is 6.22. The molecule has 1 aliphatic heterocycles. The summed E-state index contributed by atoms with van der Waals surface area (Å²) in [7, 11) is 0. The summed E-state index contributed by atoms with van der Waals surface area (Å²) in [6.07, 6.45) is 6.75. The molecule has 90 valence electrons. The molecule has 0 saturated carbocycles. The fourth-order valence-corrected chi connectivity index (χ4v) is 2.30. The molecule has 0 amide bonds. The number of nitrogens with one attached hydrogen (secondary N) is 1. The Morgan fingerprint density at radius 1 is 1.69 bits per heavy atom. The lowest BCUT2D eigenvalue weighted by atomic mass is 9.91. The van der Waals surface area contributed by atoms with Crippen molar-refractivity contribution >= 4 is 0 Å². The summed E-state index contributed by atoms with van der Waals surface area (Å²) in [6.45, 7) is 5.05. The molecule has 1 saturated heterocycles. The summed E-state index contributed by atoms with van der Waals surface area (Å²) < 4.78 is 1.91. The van der Waals surface area contributed by atoms with E-state index in [1.807, 2.05) is 10.9 Å². The third-order valence-corrected chi connectivity index (χ3v) is 3.23. The summed E-state index contributed by atoms with van der Waals surface area (Å²) in [5, 5.41) is 17.8. The van der Waals surface area contributed by atoms with Gasteiger partial charge in [-0.15, -0.1) is 0 Å². The van der Waals surface area contributed by atoms with Crippen molar-refractivity contribution in [3.63, 3.8) is 0 Å². The van der Waals surface area contributed by atoms with Crippen LogP contribution in [0, 0.1) is 5.92 Å². The van der Waals surface area contributed by atoms with E-state index < -0.39 is 0 Å². The Morgan fingerprint density at radius 3 is 3.25 bits per heavy atom. The number of aliphatic hydroxyl groups is 1. The van der Waals surface area contributed by atoms with E-state index in [9.17, 15) is 5.11 Å². The van der Waals surface area contributed by atoms with Crippen LogP contribution in [0.4, 0.5) is 0 Å². The highest BCUT2D eigenvalue weighted by Gasteiger charge is 2.23. The topological polar surface area (TPSA) is 50.1 Å². The molecular weight excluding hydrogens is 202 g/mol. The lowest BCUT2D eigenvalue weighted by molar-refractivity contribution is 0.0921. The van der Waals surface area contributed by atoms with Gasteiger partial charge in [-0.1, -0.05) is 6.92 Å². The molecule has 2 heterocycles. The van der Waals surface area contributed by atoms with E-state index in [0.29, 0.717) is 5.92 Å². The molecule has 2 rings (SSSR count). The second kappa shape index (κ2) is 5.46. The van der Waals surface area contributed by atoms with Gasteiger partial charge in [0.25, 0.3) is 0 Å². The highest BCUT2D eigenvalue weighted by atomic mass is 16.3. The third kappa shape index (κ3) is 2.62. The highest BCUT2D eigenvalue weighted by molar-refractivity contribution is 5.09. The van der Waals surface area contributed by atoms with Crippen LogP contribution in [0.5, 0.6) is 0 Å². The van der Waals surface area contributed by atoms with Crippen LogP contribution in [-0.4, -0.2) is 28.0 Å². The molecule has 2 atom stereocenters. The molecule has 4 heteroatoms. The van der Waals surface area contributed by atoms with Crippen molar-refractivity contribution < 1.29 is 5.11 Å². The lowest BCUT2D eigenvalue weighted by Gasteiger charge is -2.26. The van der Waals surface area contributed by atoms with Crippen molar-refractivity contribution in [2.24, 2.45) is 5.92 Å². The maximum Gasteiger partial charge on any atom is 0.0860 e. The minimum atomic E-state index is -0.363. The smallest absolute Gasteiger partial charge is 0.0860 e. The van der Waals surface area contributed by atoms with Crippen molar-refractivity contribution in [3.05, 3.63) is 18.0 Å². The van der Waals surface area contributed by atoms with Crippen LogP contribution in [0.15, 0.2) is 12.4 Å². The summed E-state index contributed by atoms with van der Waals surface area (Å²) in [4.78, 5) is 0. The zero-order valence-corrected chi connectivity index (χ0v) is 9.89. The molecule has 0 radical (unpaired) electrons. The van der Waals surface area contributed by atoms with Crippen LogP contribution in [-0.2, 0) is 6.54 Å². The molecule has 1 aromatic heterocycles. The number of nitrogens with zero attached hydrogens (tertiary/aromatic N) is 2. The van der Waals surface area contributed by atoms with Crippen LogP contribution < -0.4 is 5.32 Å². The number of aliphatic hydroxyl groups excluding tert-OH is 1. The van der Waals surface area contributed by atoms with Gasteiger partial charge in [-0.2, -0.15) is 5.10 Å². The molecule has 4 nitrogen and oxygen atoms in total. The lowest BCUT2D eigenvalue weighted by Crippen LogP contribution is -2.33. The summed E-state index contributed by atoms with van der Waals surface area (Å²) in [6, 6.07) is 0. The number of rotatable bonds is 4. The zero-order chi connectivity index (χ0) is 11.4. The van der Waals surface area contributed by atoms with Crippen LogP contribution in [0.25, 0.3) is 0 Å². The minimum Gasteiger partial charge on any atom is -0.388 e. The number of aryl methyl sites for hydroxylation is 1. The van der Waals surface area contributed by atoms with Gasteiger partial charge in [0.15, 0.2) is 0 Å². The standard InChI is InChI=1S/C12H21N3O/c1-2-6-15-9-11(8-14-15)12(16)10-4-3-5-13-7-10/h8-10,12-13,16H,2-7H2,1H3. The van der Waals surface area contributed by atoms with Gasteiger partial charge < -0.3 is 10.4 Å². The van der Waals surface area contributed by atoms with Crippen LogP contribution >= 0.6 is 0 Å². The minimum absolute atomic E-state index is 0.341. The van der Waals surface area contributed by atoms with E-state index >= 15 is 0 Å². The number of piperidine rings is 1. The zero-order valence-electron chi connectivity index (χ0n) is 9.89. The maximum absolute atomic E-state index is 10.2. The Kier molecular flexibility index (Phi) is 3.96. The summed E-state index contributed by atoms with van der Waals surface area (Å²) in [5.41, 5.74) is 0.960. The Bertz CT molecular complexity index is 318. The van der Waals surface area contributed by atoms with Crippen molar-refractivity contribution in [3.8, 4) is 0 Å².